The van der Waals surface area contributed by atoms with Crippen LogP contribution in [0.4, 0.5) is 0 Å². The Bertz CT molecular complexity index is 479. The quantitative estimate of drug-likeness (QED) is 0.833. The Morgan fingerprint density at radius 3 is 2.60 bits per heavy atom. The number of aliphatic hydroxyl groups is 1. The van der Waals surface area contributed by atoms with Gasteiger partial charge >= 0.3 is 0 Å². The second-order valence-electron chi connectivity index (χ2n) is 5.80. The standard InChI is InChI=1S/C14H22N4O2/c1-16-10-11(9-15-16)14(20)18-7-5-17(6-8-18)12-3-2-4-13(12)19/h9-10,12-13,19H,2-8H2,1H3/t12-,13-/m0/s1. The molecule has 20 heavy (non-hydrogen) atoms. The predicted molar refractivity (Wildman–Crippen MR) is 74.3 cm³/mol. The summed E-state index contributed by atoms with van der Waals surface area (Å²) in [5.41, 5.74) is 0.654. The predicted octanol–water partition coefficient (Wildman–Crippen LogP) is 0.0913. The van der Waals surface area contributed by atoms with Crippen LogP contribution < -0.4 is 0 Å². The highest BCUT2D eigenvalue weighted by Crippen LogP contribution is 2.25. The zero-order valence-electron chi connectivity index (χ0n) is 11.9. The summed E-state index contributed by atoms with van der Waals surface area (Å²) in [6.07, 6.45) is 6.30. The average Bonchev–Trinajstić information content (AvgIpc) is 3.07. The fourth-order valence-electron chi connectivity index (χ4n) is 3.32. The summed E-state index contributed by atoms with van der Waals surface area (Å²) in [5.74, 6) is 0.0599. The van der Waals surface area contributed by atoms with E-state index in [2.05, 4.69) is 10.00 Å². The number of aromatic nitrogens is 2. The van der Waals surface area contributed by atoms with Gasteiger partial charge in [-0.15, -0.1) is 0 Å². The minimum Gasteiger partial charge on any atom is -0.391 e. The Hall–Kier alpha value is -1.40. The van der Waals surface area contributed by atoms with Gasteiger partial charge in [0.05, 0.1) is 17.9 Å². The first-order chi connectivity index (χ1) is 9.65. The van der Waals surface area contributed by atoms with Crippen molar-refractivity contribution < 1.29 is 9.90 Å². The molecular formula is C14H22N4O2. The lowest BCUT2D eigenvalue weighted by molar-refractivity contribution is 0.0315. The molecule has 6 nitrogen and oxygen atoms in total. The molecule has 6 heteroatoms. The number of aliphatic hydroxyl groups excluding tert-OH is 1. The van der Waals surface area contributed by atoms with E-state index in [1.165, 1.54) is 0 Å². The van der Waals surface area contributed by atoms with Crippen molar-refractivity contribution in [2.45, 2.75) is 31.4 Å². The smallest absolute Gasteiger partial charge is 0.257 e. The first-order valence-corrected chi connectivity index (χ1v) is 7.35. The van der Waals surface area contributed by atoms with Gasteiger partial charge in [0.1, 0.15) is 0 Å². The molecule has 2 fully saturated rings. The third-order valence-corrected chi connectivity index (χ3v) is 4.47. The van der Waals surface area contributed by atoms with Gasteiger partial charge < -0.3 is 10.0 Å². The average molecular weight is 278 g/mol. The van der Waals surface area contributed by atoms with Gasteiger partial charge in [-0.05, 0) is 19.3 Å². The Morgan fingerprint density at radius 1 is 1.30 bits per heavy atom. The molecule has 0 radical (unpaired) electrons. The van der Waals surface area contributed by atoms with Crippen molar-refractivity contribution in [3.63, 3.8) is 0 Å². The van der Waals surface area contributed by atoms with Crippen molar-refractivity contribution in [3.8, 4) is 0 Å². The summed E-state index contributed by atoms with van der Waals surface area (Å²) in [7, 11) is 1.82. The normalized spacial score (nSPS) is 28.0. The van der Waals surface area contributed by atoms with Crippen LogP contribution in [0.3, 0.4) is 0 Å². The molecule has 2 aliphatic rings. The number of carbonyl (C=O) groups is 1. The van der Waals surface area contributed by atoms with Crippen LogP contribution >= 0.6 is 0 Å². The maximum Gasteiger partial charge on any atom is 0.257 e. The number of aryl methyl sites for hydroxylation is 1. The van der Waals surface area contributed by atoms with Crippen LogP contribution in [0.2, 0.25) is 0 Å². The zero-order valence-corrected chi connectivity index (χ0v) is 11.9. The van der Waals surface area contributed by atoms with Crippen molar-refractivity contribution >= 4 is 5.91 Å². The molecule has 1 saturated heterocycles. The molecule has 3 rings (SSSR count). The number of carbonyl (C=O) groups excluding carboxylic acids is 1. The number of piperazine rings is 1. The Morgan fingerprint density at radius 2 is 2.05 bits per heavy atom. The summed E-state index contributed by atoms with van der Waals surface area (Å²) >= 11 is 0. The van der Waals surface area contributed by atoms with E-state index in [1.807, 2.05) is 11.9 Å². The van der Waals surface area contributed by atoms with E-state index in [0.717, 1.165) is 45.4 Å². The van der Waals surface area contributed by atoms with Crippen LogP contribution in [0.25, 0.3) is 0 Å². The summed E-state index contributed by atoms with van der Waals surface area (Å²) in [5, 5.41) is 14.0. The van der Waals surface area contributed by atoms with Crippen LogP contribution in [0.5, 0.6) is 0 Å². The van der Waals surface area contributed by atoms with E-state index in [4.69, 9.17) is 0 Å². The van der Waals surface area contributed by atoms with Crippen LogP contribution in [-0.4, -0.2) is 68.9 Å². The van der Waals surface area contributed by atoms with Gasteiger partial charge in [-0.3, -0.25) is 14.4 Å². The van der Waals surface area contributed by atoms with Crippen molar-refractivity contribution in [1.82, 2.24) is 19.6 Å². The summed E-state index contributed by atoms with van der Waals surface area (Å²) in [6.45, 7) is 3.18. The van der Waals surface area contributed by atoms with Crippen molar-refractivity contribution in [2.24, 2.45) is 7.05 Å². The summed E-state index contributed by atoms with van der Waals surface area (Å²) in [4.78, 5) is 16.5. The number of rotatable bonds is 2. The van der Waals surface area contributed by atoms with Gasteiger partial charge in [0, 0.05) is 45.5 Å². The molecule has 1 aliphatic carbocycles. The van der Waals surface area contributed by atoms with E-state index >= 15 is 0 Å². The number of hydrogen-bond donors (Lipinski definition) is 1. The molecule has 0 aromatic carbocycles. The van der Waals surface area contributed by atoms with E-state index in [0.29, 0.717) is 11.6 Å². The minimum absolute atomic E-state index is 0.0599. The fraction of sp³-hybridized carbons (Fsp3) is 0.714. The number of nitrogens with zero attached hydrogens (tertiary/aromatic N) is 4. The molecule has 1 saturated carbocycles. The van der Waals surface area contributed by atoms with Gasteiger partial charge in [-0.2, -0.15) is 5.10 Å². The van der Waals surface area contributed by atoms with Crippen LogP contribution in [0.1, 0.15) is 29.6 Å². The molecule has 110 valence electrons. The zero-order chi connectivity index (χ0) is 14.1. The molecule has 0 unspecified atom stereocenters. The van der Waals surface area contributed by atoms with E-state index < -0.39 is 0 Å². The largest absolute Gasteiger partial charge is 0.391 e. The van der Waals surface area contributed by atoms with Crippen molar-refractivity contribution in [2.75, 3.05) is 26.2 Å². The molecule has 1 amide bonds. The highest BCUT2D eigenvalue weighted by molar-refractivity contribution is 5.93. The van der Waals surface area contributed by atoms with Gasteiger partial charge in [0.25, 0.3) is 5.91 Å². The third kappa shape index (κ3) is 2.58. The Labute approximate surface area is 119 Å². The molecule has 1 aromatic heterocycles. The lowest BCUT2D eigenvalue weighted by Crippen LogP contribution is -2.53. The molecule has 2 atom stereocenters. The molecule has 0 spiro atoms. The fourth-order valence-corrected chi connectivity index (χ4v) is 3.32. The maximum absolute atomic E-state index is 12.3. The van der Waals surface area contributed by atoms with E-state index in [9.17, 15) is 9.90 Å². The van der Waals surface area contributed by atoms with Gasteiger partial charge in [0.2, 0.25) is 0 Å². The number of hydrogen-bond acceptors (Lipinski definition) is 4. The van der Waals surface area contributed by atoms with Gasteiger partial charge in [0.15, 0.2) is 0 Å². The van der Waals surface area contributed by atoms with Gasteiger partial charge in [-0.25, -0.2) is 0 Å². The van der Waals surface area contributed by atoms with E-state index in [1.54, 1.807) is 17.1 Å². The molecule has 1 aromatic rings. The highest BCUT2D eigenvalue weighted by Gasteiger charge is 2.33. The van der Waals surface area contributed by atoms with Crippen molar-refractivity contribution in [3.05, 3.63) is 18.0 Å². The van der Waals surface area contributed by atoms with Crippen LogP contribution in [0.15, 0.2) is 12.4 Å². The Balaban J connectivity index is 1.57. The lowest BCUT2D eigenvalue weighted by Gasteiger charge is -2.39. The molecule has 2 heterocycles. The lowest BCUT2D eigenvalue weighted by atomic mass is 10.1. The number of amides is 1. The van der Waals surface area contributed by atoms with Gasteiger partial charge in [-0.1, -0.05) is 0 Å². The maximum atomic E-state index is 12.3. The first-order valence-electron chi connectivity index (χ1n) is 7.35. The minimum atomic E-state index is -0.185. The van der Waals surface area contributed by atoms with Crippen molar-refractivity contribution in [1.29, 1.82) is 0 Å². The molecular weight excluding hydrogens is 256 g/mol. The van der Waals surface area contributed by atoms with Crippen LogP contribution in [0, 0.1) is 0 Å². The van der Waals surface area contributed by atoms with E-state index in [-0.39, 0.29) is 12.0 Å². The monoisotopic (exact) mass is 278 g/mol. The Kier molecular flexibility index (Phi) is 3.76. The molecule has 0 bridgehead atoms. The SMILES string of the molecule is Cn1cc(C(=O)N2CCN([C@H]3CCC[C@@H]3O)CC2)cn1. The second kappa shape index (κ2) is 5.54. The molecule has 1 aliphatic heterocycles. The first kappa shape index (κ1) is 13.6. The third-order valence-electron chi connectivity index (χ3n) is 4.47. The summed E-state index contributed by atoms with van der Waals surface area (Å²) in [6, 6.07) is 0.297. The van der Waals surface area contributed by atoms with Crippen LogP contribution in [-0.2, 0) is 7.05 Å². The second-order valence-corrected chi connectivity index (χ2v) is 5.80. The highest BCUT2D eigenvalue weighted by atomic mass is 16.3. The summed E-state index contributed by atoms with van der Waals surface area (Å²) < 4.78 is 1.65. The molecule has 1 N–H and O–H groups in total. The topological polar surface area (TPSA) is 61.6 Å².